The van der Waals surface area contributed by atoms with Crippen LogP contribution in [0.15, 0.2) is 24.3 Å². The highest BCUT2D eigenvalue weighted by Crippen LogP contribution is 2.09. The van der Waals surface area contributed by atoms with E-state index < -0.39 is 0 Å². The number of rotatable bonds is 7. The van der Waals surface area contributed by atoms with Gasteiger partial charge in [0.15, 0.2) is 0 Å². The van der Waals surface area contributed by atoms with Gasteiger partial charge in [0.25, 0.3) is 0 Å². The van der Waals surface area contributed by atoms with E-state index in [1.54, 1.807) is 24.3 Å². The van der Waals surface area contributed by atoms with Crippen LogP contribution >= 0.6 is 0 Å². The number of ether oxygens (including phenoxy) is 1. The molecule has 0 aromatic heterocycles. The number of amides is 1. The molecule has 112 valence electrons. The molecule has 0 aliphatic rings. The molecular formula is C15H19N3O3. The third-order valence-corrected chi connectivity index (χ3v) is 2.94. The smallest absolute Gasteiger partial charge is 0.306 e. The summed E-state index contributed by atoms with van der Waals surface area (Å²) in [5.41, 5.74) is 1.21. The van der Waals surface area contributed by atoms with Crippen LogP contribution in [0.4, 0.5) is 5.69 Å². The van der Waals surface area contributed by atoms with Crippen molar-refractivity contribution in [2.75, 3.05) is 32.6 Å². The summed E-state index contributed by atoms with van der Waals surface area (Å²) in [6, 6.07) is 8.70. The third-order valence-electron chi connectivity index (χ3n) is 2.94. The van der Waals surface area contributed by atoms with Crippen LogP contribution in [-0.2, 0) is 14.3 Å². The van der Waals surface area contributed by atoms with Crippen molar-refractivity contribution in [3.63, 3.8) is 0 Å². The number of methoxy groups -OCH3 is 1. The Morgan fingerprint density at radius 2 is 1.86 bits per heavy atom. The molecule has 1 amide bonds. The van der Waals surface area contributed by atoms with Gasteiger partial charge in [0.2, 0.25) is 5.91 Å². The van der Waals surface area contributed by atoms with E-state index in [9.17, 15) is 9.59 Å². The fraction of sp³-hybridized carbons (Fsp3) is 0.400. The van der Waals surface area contributed by atoms with Gasteiger partial charge in [-0.15, -0.1) is 0 Å². The second-order valence-electron chi connectivity index (χ2n) is 4.62. The number of nitriles is 1. The minimum absolute atomic E-state index is 0.107. The van der Waals surface area contributed by atoms with E-state index in [1.165, 1.54) is 7.11 Å². The first-order valence-corrected chi connectivity index (χ1v) is 6.60. The number of nitrogens with zero attached hydrogens (tertiary/aromatic N) is 2. The van der Waals surface area contributed by atoms with E-state index in [0.29, 0.717) is 37.2 Å². The zero-order valence-corrected chi connectivity index (χ0v) is 12.3. The van der Waals surface area contributed by atoms with Crippen LogP contribution in [0.25, 0.3) is 0 Å². The lowest BCUT2D eigenvalue weighted by Gasteiger charge is -2.15. The van der Waals surface area contributed by atoms with Crippen LogP contribution in [-0.4, -0.2) is 44.0 Å². The first kappa shape index (κ1) is 16.7. The van der Waals surface area contributed by atoms with Gasteiger partial charge in [-0.05, 0) is 31.3 Å². The molecule has 1 rings (SSSR count). The molecule has 0 aliphatic carbocycles. The second kappa shape index (κ2) is 8.72. The fourth-order valence-corrected chi connectivity index (χ4v) is 1.64. The Morgan fingerprint density at radius 3 is 2.43 bits per heavy atom. The van der Waals surface area contributed by atoms with Gasteiger partial charge in [-0.25, -0.2) is 0 Å². The molecule has 1 aromatic carbocycles. The van der Waals surface area contributed by atoms with E-state index in [4.69, 9.17) is 5.26 Å². The van der Waals surface area contributed by atoms with Crippen molar-refractivity contribution in [2.45, 2.75) is 12.8 Å². The third kappa shape index (κ3) is 6.54. The Hall–Kier alpha value is -2.39. The largest absolute Gasteiger partial charge is 0.469 e. The van der Waals surface area contributed by atoms with Crippen LogP contribution < -0.4 is 5.32 Å². The van der Waals surface area contributed by atoms with Gasteiger partial charge in [0.05, 0.1) is 25.2 Å². The van der Waals surface area contributed by atoms with Crippen LogP contribution in [0.5, 0.6) is 0 Å². The van der Waals surface area contributed by atoms with Crippen molar-refractivity contribution in [3.8, 4) is 6.07 Å². The summed E-state index contributed by atoms with van der Waals surface area (Å²) >= 11 is 0. The first-order valence-electron chi connectivity index (χ1n) is 6.60. The number of nitrogens with one attached hydrogen (secondary N) is 1. The number of anilines is 1. The Balaban J connectivity index is 2.30. The van der Waals surface area contributed by atoms with E-state index in [1.807, 2.05) is 18.0 Å². The number of hydrogen-bond donors (Lipinski definition) is 1. The summed E-state index contributed by atoms with van der Waals surface area (Å²) in [7, 11) is 3.20. The maximum absolute atomic E-state index is 11.8. The Kier molecular flexibility index (Phi) is 6.92. The van der Waals surface area contributed by atoms with Crippen molar-refractivity contribution in [1.29, 1.82) is 5.26 Å². The summed E-state index contributed by atoms with van der Waals surface area (Å²) in [6.45, 7) is 1.11. The predicted molar refractivity (Wildman–Crippen MR) is 78.5 cm³/mol. The lowest BCUT2D eigenvalue weighted by Crippen LogP contribution is -2.26. The van der Waals surface area contributed by atoms with Gasteiger partial charge in [-0.1, -0.05) is 0 Å². The van der Waals surface area contributed by atoms with E-state index in [-0.39, 0.29) is 11.9 Å². The quantitative estimate of drug-likeness (QED) is 0.767. The van der Waals surface area contributed by atoms with Gasteiger partial charge in [-0.3, -0.25) is 9.59 Å². The number of carbonyl (C=O) groups excluding carboxylic acids is 2. The van der Waals surface area contributed by atoms with Gasteiger partial charge < -0.3 is 15.0 Å². The molecule has 0 saturated carbocycles. The maximum atomic E-state index is 11.8. The molecule has 0 bridgehead atoms. The minimum Gasteiger partial charge on any atom is -0.469 e. The molecule has 0 fully saturated rings. The average molecular weight is 289 g/mol. The molecule has 21 heavy (non-hydrogen) atoms. The van der Waals surface area contributed by atoms with E-state index in [0.717, 1.165) is 0 Å². The van der Waals surface area contributed by atoms with Crippen molar-refractivity contribution in [1.82, 2.24) is 4.90 Å². The maximum Gasteiger partial charge on any atom is 0.306 e. The van der Waals surface area contributed by atoms with Gasteiger partial charge in [-0.2, -0.15) is 5.26 Å². The topological polar surface area (TPSA) is 82.4 Å². The highest BCUT2D eigenvalue weighted by Gasteiger charge is 2.07. The number of benzene rings is 1. The lowest BCUT2D eigenvalue weighted by atomic mass is 10.2. The second-order valence-corrected chi connectivity index (χ2v) is 4.62. The Labute approximate surface area is 124 Å². The molecule has 6 nitrogen and oxygen atoms in total. The van der Waals surface area contributed by atoms with Crippen LogP contribution in [0.2, 0.25) is 0 Å². The van der Waals surface area contributed by atoms with E-state index in [2.05, 4.69) is 10.1 Å². The summed E-state index contributed by atoms with van der Waals surface area (Å²) in [6.07, 6.45) is 0.641. The van der Waals surface area contributed by atoms with Crippen molar-refractivity contribution in [2.24, 2.45) is 0 Å². The average Bonchev–Trinajstić information content (AvgIpc) is 2.51. The minimum atomic E-state index is -0.260. The van der Waals surface area contributed by atoms with Crippen molar-refractivity contribution >= 4 is 17.6 Å². The number of carbonyl (C=O) groups is 2. The highest BCUT2D eigenvalue weighted by atomic mass is 16.5. The molecule has 1 N–H and O–H groups in total. The monoisotopic (exact) mass is 289 g/mol. The summed E-state index contributed by atoms with van der Waals surface area (Å²) in [5, 5.41) is 11.4. The summed E-state index contributed by atoms with van der Waals surface area (Å²) in [4.78, 5) is 24.7. The zero-order chi connectivity index (χ0) is 15.7. The highest BCUT2D eigenvalue weighted by molar-refractivity contribution is 5.90. The molecule has 0 aliphatic heterocycles. The van der Waals surface area contributed by atoms with Crippen molar-refractivity contribution in [3.05, 3.63) is 29.8 Å². The summed E-state index contributed by atoms with van der Waals surface area (Å²) in [5.74, 6) is -0.367. The fourth-order valence-electron chi connectivity index (χ4n) is 1.64. The van der Waals surface area contributed by atoms with Gasteiger partial charge in [0.1, 0.15) is 0 Å². The number of esters is 1. The molecule has 0 radical (unpaired) electrons. The van der Waals surface area contributed by atoms with Gasteiger partial charge in [0, 0.05) is 25.2 Å². The van der Waals surface area contributed by atoms with Crippen molar-refractivity contribution < 1.29 is 14.3 Å². The predicted octanol–water partition coefficient (Wildman–Crippen LogP) is 1.38. The molecule has 0 spiro atoms. The molecule has 0 unspecified atom stereocenters. The molecule has 0 saturated heterocycles. The molecule has 0 heterocycles. The Morgan fingerprint density at radius 1 is 1.24 bits per heavy atom. The van der Waals surface area contributed by atoms with E-state index >= 15 is 0 Å². The standard InChI is InChI=1S/C15H19N3O3/c1-18(10-8-15(20)21-2)9-7-14(19)17-13-5-3-12(11-16)4-6-13/h3-6H,7-10H2,1-2H3,(H,17,19). The zero-order valence-electron chi connectivity index (χ0n) is 12.3. The molecular weight excluding hydrogens is 270 g/mol. The molecule has 1 aromatic rings. The lowest BCUT2D eigenvalue weighted by molar-refractivity contribution is -0.140. The Bertz CT molecular complexity index is 520. The number of hydrogen-bond acceptors (Lipinski definition) is 5. The molecule has 0 atom stereocenters. The van der Waals surface area contributed by atoms with Crippen LogP contribution in [0, 0.1) is 11.3 Å². The first-order chi connectivity index (χ1) is 10.0. The van der Waals surface area contributed by atoms with Gasteiger partial charge >= 0.3 is 5.97 Å². The normalized spacial score (nSPS) is 10.0. The van der Waals surface area contributed by atoms with Crippen LogP contribution in [0.3, 0.4) is 0 Å². The SMILES string of the molecule is COC(=O)CCN(C)CCC(=O)Nc1ccc(C#N)cc1. The van der Waals surface area contributed by atoms with Crippen LogP contribution in [0.1, 0.15) is 18.4 Å². The summed E-state index contributed by atoms with van der Waals surface area (Å²) < 4.78 is 4.56. The molecule has 6 heteroatoms.